The first-order valence-corrected chi connectivity index (χ1v) is 13.2. The summed E-state index contributed by atoms with van der Waals surface area (Å²) in [6, 6.07) is 0. The molecule has 8 atom stereocenters. The van der Waals surface area contributed by atoms with Crippen molar-refractivity contribution in [2.24, 2.45) is 39.4 Å². The number of aliphatic hydroxyl groups is 4. The fourth-order valence-corrected chi connectivity index (χ4v) is 8.58. The molecule has 1 unspecified atom stereocenters. The van der Waals surface area contributed by atoms with Gasteiger partial charge in [-0.05, 0) is 76.4 Å². The van der Waals surface area contributed by atoms with E-state index in [1.165, 1.54) is 32.9 Å². The smallest absolute Gasteiger partial charge is 0.206 e. The predicted molar refractivity (Wildman–Crippen MR) is 138 cm³/mol. The van der Waals surface area contributed by atoms with Gasteiger partial charge < -0.3 is 20.4 Å². The molecular formula is C30H42O7. The number of ketones is 3. The molecule has 4 N–H and O–H groups in total. The fourth-order valence-electron chi connectivity index (χ4n) is 8.58. The Morgan fingerprint density at radius 3 is 2.22 bits per heavy atom. The van der Waals surface area contributed by atoms with Crippen LogP contribution in [-0.4, -0.2) is 55.1 Å². The minimum atomic E-state index is -1.96. The van der Waals surface area contributed by atoms with E-state index in [0.29, 0.717) is 12.8 Å². The molecule has 0 aromatic rings. The first kappa shape index (κ1) is 27.9. The molecule has 0 heterocycles. The monoisotopic (exact) mass is 514 g/mol. The first-order chi connectivity index (χ1) is 16.7. The van der Waals surface area contributed by atoms with Crippen LogP contribution in [0.1, 0.15) is 74.7 Å². The molecule has 0 aromatic carbocycles. The molecule has 0 bridgehead atoms. The van der Waals surface area contributed by atoms with Crippen molar-refractivity contribution in [2.75, 3.05) is 0 Å². The minimum absolute atomic E-state index is 0.0453. The molecule has 37 heavy (non-hydrogen) atoms. The van der Waals surface area contributed by atoms with Gasteiger partial charge in [0.25, 0.3) is 0 Å². The normalized spacial score (nSPS) is 42.9. The SMILES string of the molecule is CC(C)(O)/C=C/C(=O)C(C)(O)[C@@H]1[C@@H](O)C[C@@]2(C)[C@@H]3CC=C4[C@@H](C=C(O)C(=O)C4(C)C)[C@]3(C)C(=O)C[C@]12C. The zero-order chi connectivity index (χ0) is 28.1. The maximum Gasteiger partial charge on any atom is 0.206 e. The summed E-state index contributed by atoms with van der Waals surface area (Å²) in [6.45, 7) is 13.8. The van der Waals surface area contributed by atoms with Crippen LogP contribution in [0.4, 0.5) is 0 Å². The highest BCUT2D eigenvalue weighted by molar-refractivity contribution is 6.02. The molecule has 0 amide bonds. The summed E-state index contributed by atoms with van der Waals surface area (Å²) in [7, 11) is 0. The molecule has 2 fully saturated rings. The average molecular weight is 515 g/mol. The third kappa shape index (κ3) is 3.60. The topological polar surface area (TPSA) is 132 Å². The van der Waals surface area contributed by atoms with Crippen LogP contribution in [0, 0.1) is 39.4 Å². The first-order valence-electron chi connectivity index (χ1n) is 13.2. The van der Waals surface area contributed by atoms with E-state index in [0.717, 1.165) is 11.6 Å². The fraction of sp³-hybridized carbons (Fsp3) is 0.700. The highest BCUT2D eigenvalue weighted by Crippen LogP contribution is 2.73. The number of fused-ring (bicyclic) bond motifs is 5. The van der Waals surface area contributed by atoms with Crippen LogP contribution >= 0.6 is 0 Å². The standard InChI is InChI=1S/C30H42O7/c1-25(2,36)12-11-21(33)30(8,37)23-19(32)14-27(5)20-10-9-16-17(13-18(31)24(35)26(16,3)4)29(20,7)22(34)15-28(23,27)6/h9,11-13,17,19-20,23,31-32,36-37H,10,14-15H2,1-8H3/b12-11+/t17-,19+,20+,23-,27+,28-,29+,30?/m1/s1. The Hall–Kier alpha value is -2.09. The molecule has 0 aromatic heterocycles. The maximum absolute atomic E-state index is 14.2. The summed E-state index contributed by atoms with van der Waals surface area (Å²) < 4.78 is 0. The summed E-state index contributed by atoms with van der Waals surface area (Å²) in [6.07, 6.45) is 5.85. The molecule has 0 saturated heterocycles. The van der Waals surface area contributed by atoms with Crippen LogP contribution in [0.25, 0.3) is 0 Å². The molecule has 4 aliphatic rings. The number of Topliss-reactive ketones (excluding diaryl/α,β-unsaturated/α-hetero) is 2. The Labute approximate surface area is 219 Å². The molecule has 204 valence electrons. The van der Waals surface area contributed by atoms with Crippen LogP contribution in [0.2, 0.25) is 0 Å². The van der Waals surface area contributed by atoms with Gasteiger partial charge in [0.05, 0.1) is 17.1 Å². The Morgan fingerprint density at radius 1 is 1.05 bits per heavy atom. The van der Waals surface area contributed by atoms with Crippen LogP contribution in [-0.2, 0) is 14.4 Å². The van der Waals surface area contributed by atoms with Crippen LogP contribution in [0.5, 0.6) is 0 Å². The lowest BCUT2D eigenvalue weighted by Crippen LogP contribution is -2.64. The number of allylic oxidation sites excluding steroid dienone is 4. The lowest BCUT2D eigenvalue weighted by molar-refractivity contribution is -0.179. The largest absolute Gasteiger partial charge is 0.505 e. The summed E-state index contributed by atoms with van der Waals surface area (Å²) >= 11 is 0. The second-order valence-corrected chi connectivity index (χ2v) is 13.9. The highest BCUT2D eigenvalue weighted by atomic mass is 16.3. The zero-order valence-corrected chi connectivity index (χ0v) is 23.3. The number of aliphatic hydroxyl groups excluding tert-OH is 2. The van der Waals surface area contributed by atoms with Crippen molar-refractivity contribution < 1.29 is 34.8 Å². The van der Waals surface area contributed by atoms with Crippen molar-refractivity contribution >= 4 is 17.3 Å². The van der Waals surface area contributed by atoms with Gasteiger partial charge in [0.2, 0.25) is 5.78 Å². The van der Waals surface area contributed by atoms with Gasteiger partial charge in [0.1, 0.15) is 11.4 Å². The number of rotatable bonds is 4. The van der Waals surface area contributed by atoms with Gasteiger partial charge in [-0.15, -0.1) is 0 Å². The highest BCUT2D eigenvalue weighted by Gasteiger charge is 2.74. The number of hydrogen-bond acceptors (Lipinski definition) is 7. The van der Waals surface area contributed by atoms with Gasteiger partial charge in [0, 0.05) is 23.7 Å². The maximum atomic E-state index is 14.2. The van der Waals surface area contributed by atoms with Gasteiger partial charge in [0.15, 0.2) is 11.5 Å². The van der Waals surface area contributed by atoms with Crippen molar-refractivity contribution in [3.8, 4) is 0 Å². The average Bonchev–Trinajstić information content (AvgIpc) is 2.96. The van der Waals surface area contributed by atoms with E-state index in [9.17, 15) is 34.8 Å². The molecule has 4 aliphatic carbocycles. The van der Waals surface area contributed by atoms with E-state index < -0.39 is 56.6 Å². The van der Waals surface area contributed by atoms with Crippen LogP contribution < -0.4 is 0 Å². The van der Waals surface area contributed by atoms with Gasteiger partial charge in [-0.2, -0.15) is 0 Å². The Balaban J connectivity index is 1.82. The third-order valence-corrected chi connectivity index (χ3v) is 10.8. The third-order valence-electron chi connectivity index (χ3n) is 10.8. The predicted octanol–water partition coefficient (Wildman–Crippen LogP) is 3.62. The van der Waals surface area contributed by atoms with Gasteiger partial charge in [-0.3, -0.25) is 14.4 Å². The van der Waals surface area contributed by atoms with E-state index >= 15 is 0 Å². The minimum Gasteiger partial charge on any atom is -0.505 e. The van der Waals surface area contributed by atoms with Crippen molar-refractivity contribution in [1.29, 1.82) is 0 Å². The number of carbonyl (C=O) groups excluding carboxylic acids is 3. The molecule has 0 radical (unpaired) electrons. The van der Waals surface area contributed by atoms with Crippen molar-refractivity contribution in [3.05, 3.63) is 35.6 Å². The number of carbonyl (C=O) groups is 3. The Kier molecular flexibility index (Phi) is 6.01. The zero-order valence-electron chi connectivity index (χ0n) is 23.3. The molecule has 7 heteroatoms. The molecule has 0 spiro atoms. The Bertz CT molecular complexity index is 1150. The van der Waals surface area contributed by atoms with Crippen molar-refractivity contribution in [1.82, 2.24) is 0 Å². The summed E-state index contributed by atoms with van der Waals surface area (Å²) in [5.41, 5.74) is -5.75. The number of hydrogen-bond donors (Lipinski definition) is 4. The summed E-state index contributed by atoms with van der Waals surface area (Å²) in [5.74, 6) is -2.98. The van der Waals surface area contributed by atoms with Crippen molar-refractivity contribution in [3.63, 3.8) is 0 Å². The summed E-state index contributed by atoms with van der Waals surface area (Å²) in [5, 5.41) is 43.6. The van der Waals surface area contributed by atoms with Gasteiger partial charge in [-0.25, -0.2) is 0 Å². The molecule has 2 saturated carbocycles. The Morgan fingerprint density at radius 2 is 1.65 bits per heavy atom. The second kappa shape index (κ2) is 7.96. The van der Waals surface area contributed by atoms with Crippen LogP contribution in [0.15, 0.2) is 35.6 Å². The van der Waals surface area contributed by atoms with Gasteiger partial charge in [-0.1, -0.05) is 38.5 Å². The van der Waals surface area contributed by atoms with E-state index in [1.54, 1.807) is 13.8 Å². The van der Waals surface area contributed by atoms with Crippen molar-refractivity contribution in [2.45, 2.75) is 92.0 Å². The second-order valence-electron chi connectivity index (χ2n) is 13.9. The van der Waals surface area contributed by atoms with E-state index in [1.807, 2.05) is 26.8 Å². The lowest BCUT2D eigenvalue weighted by Gasteiger charge is -2.63. The summed E-state index contributed by atoms with van der Waals surface area (Å²) in [4.78, 5) is 40.1. The quantitative estimate of drug-likeness (QED) is 0.333. The molecular weight excluding hydrogens is 472 g/mol. The molecule has 0 aliphatic heterocycles. The lowest BCUT2D eigenvalue weighted by atomic mass is 9.39. The van der Waals surface area contributed by atoms with E-state index in [-0.39, 0.29) is 29.7 Å². The van der Waals surface area contributed by atoms with Crippen LogP contribution in [0.3, 0.4) is 0 Å². The van der Waals surface area contributed by atoms with E-state index in [4.69, 9.17) is 0 Å². The van der Waals surface area contributed by atoms with Gasteiger partial charge >= 0.3 is 0 Å². The molecule has 7 nitrogen and oxygen atoms in total. The molecule has 4 rings (SSSR count). The van der Waals surface area contributed by atoms with E-state index in [2.05, 4.69) is 0 Å².